The zero-order valence-corrected chi connectivity index (χ0v) is 13.7. The van der Waals surface area contributed by atoms with Crippen molar-refractivity contribution < 1.29 is 0 Å². The van der Waals surface area contributed by atoms with Gasteiger partial charge in [0.15, 0.2) is 0 Å². The van der Waals surface area contributed by atoms with Crippen LogP contribution in [0.4, 0.5) is 0 Å². The Morgan fingerprint density at radius 1 is 1.10 bits per heavy atom. The number of hydrogen-bond acceptors (Lipinski definition) is 1. The number of benzene rings is 2. The van der Waals surface area contributed by atoms with Crippen LogP contribution in [0, 0.1) is 6.92 Å². The molecule has 0 fully saturated rings. The second kappa shape index (κ2) is 5.88. The van der Waals surface area contributed by atoms with Crippen molar-refractivity contribution in [1.82, 2.24) is 9.55 Å². The third-order valence-electron chi connectivity index (χ3n) is 3.35. The molecule has 0 saturated carbocycles. The molecular weight excluding hydrogens is 327 g/mol. The number of fused-ring (bicyclic) bond motifs is 1. The fraction of sp³-hybridized carbons (Fsp3) is 0.188. The van der Waals surface area contributed by atoms with Gasteiger partial charge >= 0.3 is 0 Å². The Hall–Kier alpha value is -1.22. The molecule has 0 amide bonds. The average molecular weight is 340 g/mol. The Kier molecular flexibility index (Phi) is 4.12. The van der Waals surface area contributed by atoms with Gasteiger partial charge in [-0.3, -0.25) is 4.57 Å². The minimum absolute atomic E-state index is 0.500. The summed E-state index contributed by atoms with van der Waals surface area (Å²) in [5.41, 5.74) is 3.86. The normalized spacial score (nSPS) is 11.2. The van der Waals surface area contributed by atoms with Crippen LogP contribution in [-0.4, -0.2) is 15.4 Å². The first-order chi connectivity index (χ1) is 10.1. The summed E-state index contributed by atoms with van der Waals surface area (Å²) in [7, 11) is 0. The molecule has 1 aromatic heterocycles. The molecule has 21 heavy (non-hydrogen) atoms. The van der Waals surface area contributed by atoms with E-state index in [0.29, 0.717) is 22.3 Å². The number of rotatable bonds is 3. The Balaban J connectivity index is 2.35. The predicted octanol–water partition coefficient (Wildman–Crippen LogP) is 5.42. The number of nitrogens with zero attached hydrogens (tertiary/aromatic N) is 2. The van der Waals surface area contributed by atoms with Crippen molar-refractivity contribution in [3.63, 3.8) is 0 Å². The van der Waals surface area contributed by atoms with E-state index < -0.39 is 0 Å². The lowest BCUT2D eigenvalue weighted by Gasteiger charge is -2.11. The smallest absolute Gasteiger partial charge is 0.115 e. The van der Waals surface area contributed by atoms with Gasteiger partial charge < -0.3 is 0 Å². The number of hydrogen-bond donors (Lipinski definition) is 0. The van der Waals surface area contributed by atoms with Crippen molar-refractivity contribution in [2.24, 2.45) is 0 Å². The molecule has 0 aliphatic carbocycles. The standard InChI is InChI=1S/C16H13Cl3N2/c1-10-2-4-12(19)14(8-10)21-15-9-11(18)3-5-13(15)20-16(21)6-7-17/h2-5,8-9H,6-7H2,1H3. The zero-order chi connectivity index (χ0) is 15.0. The van der Waals surface area contributed by atoms with Gasteiger partial charge in [-0.15, -0.1) is 11.6 Å². The molecule has 0 atom stereocenters. The van der Waals surface area contributed by atoms with Gasteiger partial charge in [0.05, 0.1) is 21.7 Å². The summed E-state index contributed by atoms with van der Waals surface area (Å²) < 4.78 is 2.04. The van der Waals surface area contributed by atoms with Crippen LogP contribution < -0.4 is 0 Å². The monoisotopic (exact) mass is 338 g/mol. The molecular formula is C16H13Cl3N2. The van der Waals surface area contributed by atoms with E-state index in [9.17, 15) is 0 Å². The minimum Gasteiger partial charge on any atom is -0.295 e. The first-order valence-electron chi connectivity index (χ1n) is 6.59. The van der Waals surface area contributed by atoms with Crippen LogP contribution in [0.3, 0.4) is 0 Å². The summed E-state index contributed by atoms with van der Waals surface area (Å²) in [5.74, 6) is 1.38. The van der Waals surface area contributed by atoms with Crippen LogP contribution in [0.1, 0.15) is 11.4 Å². The maximum absolute atomic E-state index is 6.39. The number of alkyl halides is 1. The SMILES string of the molecule is Cc1ccc(Cl)c(-n2c(CCCl)nc3ccc(Cl)cc32)c1. The van der Waals surface area contributed by atoms with E-state index in [4.69, 9.17) is 34.8 Å². The second-order valence-electron chi connectivity index (χ2n) is 4.89. The Morgan fingerprint density at radius 3 is 2.67 bits per heavy atom. The molecule has 0 bridgehead atoms. The van der Waals surface area contributed by atoms with Crippen LogP contribution in [-0.2, 0) is 6.42 Å². The largest absolute Gasteiger partial charge is 0.295 e. The number of aryl methyl sites for hydroxylation is 2. The highest BCUT2D eigenvalue weighted by atomic mass is 35.5. The van der Waals surface area contributed by atoms with Crippen molar-refractivity contribution in [1.29, 1.82) is 0 Å². The van der Waals surface area contributed by atoms with Gasteiger partial charge in [0.2, 0.25) is 0 Å². The van der Waals surface area contributed by atoms with Crippen molar-refractivity contribution in [2.45, 2.75) is 13.3 Å². The van der Waals surface area contributed by atoms with Crippen LogP contribution in [0.5, 0.6) is 0 Å². The summed E-state index contributed by atoms with van der Waals surface area (Å²) in [4.78, 5) is 4.65. The zero-order valence-electron chi connectivity index (χ0n) is 11.4. The van der Waals surface area contributed by atoms with Gasteiger partial charge in [0, 0.05) is 17.3 Å². The molecule has 2 nitrogen and oxygen atoms in total. The van der Waals surface area contributed by atoms with Gasteiger partial charge in [-0.2, -0.15) is 0 Å². The van der Waals surface area contributed by atoms with Gasteiger partial charge in [0.1, 0.15) is 5.82 Å². The fourth-order valence-corrected chi connectivity index (χ4v) is 2.95. The Labute approximate surface area is 138 Å². The lowest BCUT2D eigenvalue weighted by Crippen LogP contribution is -2.03. The predicted molar refractivity (Wildman–Crippen MR) is 90.3 cm³/mol. The molecule has 0 saturated heterocycles. The van der Waals surface area contributed by atoms with Crippen LogP contribution in [0.15, 0.2) is 36.4 Å². The van der Waals surface area contributed by atoms with Crippen molar-refractivity contribution in [2.75, 3.05) is 5.88 Å². The molecule has 0 N–H and O–H groups in total. The minimum atomic E-state index is 0.500. The van der Waals surface area contributed by atoms with Crippen LogP contribution in [0.2, 0.25) is 10.0 Å². The number of aromatic nitrogens is 2. The maximum Gasteiger partial charge on any atom is 0.115 e. The Bertz CT molecular complexity index is 809. The summed E-state index contributed by atoms with van der Waals surface area (Å²) in [6.07, 6.45) is 0.665. The molecule has 3 rings (SSSR count). The molecule has 108 valence electrons. The highest BCUT2D eigenvalue weighted by molar-refractivity contribution is 6.32. The van der Waals surface area contributed by atoms with Crippen molar-refractivity contribution in [3.05, 3.63) is 57.8 Å². The molecule has 0 aliphatic heterocycles. The van der Waals surface area contributed by atoms with E-state index in [1.165, 1.54) is 0 Å². The molecule has 0 spiro atoms. The molecule has 2 aromatic carbocycles. The lowest BCUT2D eigenvalue weighted by atomic mass is 10.2. The van der Waals surface area contributed by atoms with Gasteiger partial charge in [0.25, 0.3) is 0 Å². The number of imidazole rings is 1. The maximum atomic E-state index is 6.39. The lowest BCUT2D eigenvalue weighted by molar-refractivity contribution is 0.911. The van der Waals surface area contributed by atoms with E-state index in [2.05, 4.69) is 4.98 Å². The molecule has 5 heteroatoms. The fourth-order valence-electron chi connectivity index (χ4n) is 2.41. The Morgan fingerprint density at radius 2 is 1.90 bits per heavy atom. The quantitative estimate of drug-likeness (QED) is 0.582. The van der Waals surface area contributed by atoms with Crippen molar-refractivity contribution >= 4 is 45.8 Å². The van der Waals surface area contributed by atoms with Crippen molar-refractivity contribution in [3.8, 4) is 5.69 Å². The van der Waals surface area contributed by atoms with E-state index in [0.717, 1.165) is 28.1 Å². The van der Waals surface area contributed by atoms with Gasteiger partial charge in [-0.05, 0) is 42.8 Å². The molecule has 0 unspecified atom stereocenters. The molecule has 3 aromatic rings. The summed E-state index contributed by atoms with van der Waals surface area (Å²) >= 11 is 18.4. The third kappa shape index (κ3) is 2.76. The van der Waals surface area contributed by atoms with Gasteiger partial charge in [-0.25, -0.2) is 4.98 Å². The third-order valence-corrected chi connectivity index (χ3v) is 4.09. The van der Waals surface area contributed by atoms with Crippen LogP contribution >= 0.6 is 34.8 Å². The molecule has 0 radical (unpaired) electrons. The summed E-state index contributed by atoms with van der Waals surface area (Å²) in [6, 6.07) is 11.6. The van der Waals surface area contributed by atoms with E-state index >= 15 is 0 Å². The van der Waals surface area contributed by atoms with E-state index in [-0.39, 0.29) is 0 Å². The highest BCUT2D eigenvalue weighted by Gasteiger charge is 2.15. The molecule has 0 aliphatic rings. The number of halogens is 3. The van der Waals surface area contributed by atoms with E-state index in [1.807, 2.05) is 47.9 Å². The molecule has 1 heterocycles. The summed E-state index contributed by atoms with van der Waals surface area (Å²) in [6.45, 7) is 2.03. The first-order valence-corrected chi connectivity index (χ1v) is 7.88. The van der Waals surface area contributed by atoms with Crippen LogP contribution in [0.25, 0.3) is 16.7 Å². The first kappa shape index (κ1) is 14.7. The van der Waals surface area contributed by atoms with E-state index in [1.54, 1.807) is 0 Å². The second-order valence-corrected chi connectivity index (χ2v) is 6.11. The topological polar surface area (TPSA) is 17.8 Å². The highest BCUT2D eigenvalue weighted by Crippen LogP contribution is 2.29. The van der Waals surface area contributed by atoms with Gasteiger partial charge in [-0.1, -0.05) is 29.3 Å². The average Bonchev–Trinajstić information content (AvgIpc) is 2.79. The summed E-state index contributed by atoms with van der Waals surface area (Å²) in [5, 5.41) is 1.35.